The van der Waals surface area contributed by atoms with E-state index in [1.807, 2.05) is 6.92 Å². The molecular formula is C23H28N2O2. The number of anilines is 1. The zero-order valence-corrected chi connectivity index (χ0v) is 16.2. The summed E-state index contributed by atoms with van der Waals surface area (Å²) in [6, 6.07) is 17.5. The molecule has 0 aliphatic carbocycles. The quantitative estimate of drug-likeness (QED) is 0.783. The lowest BCUT2D eigenvalue weighted by Gasteiger charge is -2.35. The van der Waals surface area contributed by atoms with Gasteiger partial charge in [-0.3, -0.25) is 14.5 Å². The van der Waals surface area contributed by atoms with E-state index in [9.17, 15) is 9.59 Å². The van der Waals surface area contributed by atoms with Gasteiger partial charge in [0.25, 0.3) is 0 Å². The van der Waals surface area contributed by atoms with Gasteiger partial charge >= 0.3 is 0 Å². The van der Waals surface area contributed by atoms with Gasteiger partial charge in [0.15, 0.2) is 5.78 Å². The van der Waals surface area contributed by atoms with Crippen LogP contribution in [0.15, 0.2) is 54.6 Å². The van der Waals surface area contributed by atoms with Crippen molar-refractivity contribution in [2.45, 2.75) is 39.2 Å². The minimum atomic E-state index is -0.157. The van der Waals surface area contributed by atoms with Gasteiger partial charge in [-0.2, -0.15) is 0 Å². The van der Waals surface area contributed by atoms with Crippen molar-refractivity contribution in [2.75, 3.05) is 18.4 Å². The minimum Gasteiger partial charge on any atom is -0.325 e. The van der Waals surface area contributed by atoms with Crippen molar-refractivity contribution in [2.24, 2.45) is 5.92 Å². The highest BCUT2D eigenvalue weighted by molar-refractivity contribution is 5.96. The Morgan fingerprint density at radius 2 is 1.67 bits per heavy atom. The van der Waals surface area contributed by atoms with Gasteiger partial charge in [-0.1, -0.05) is 30.3 Å². The molecule has 0 spiro atoms. The first-order valence-electron chi connectivity index (χ1n) is 9.73. The first-order valence-corrected chi connectivity index (χ1v) is 9.73. The topological polar surface area (TPSA) is 49.4 Å². The maximum Gasteiger partial charge on any atom is 0.241 e. The van der Waals surface area contributed by atoms with Crippen molar-refractivity contribution in [1.82, 2.24) is 4.90 Å². The minimum absolute atomic E-state index is 0.00656. The van der Waals surface area contributed by atoms with Crippen molar-refractivity contribution in [3.8, 4) is 0 Å². The largest absolute Gasteiger partial charge is 0.325 e. The maximum atomic E-state index is 12.6. The first-order chi connectivity index (χ1) is 13.0. The highest BCUT2D eigenvalue weighted by atomic mass is 16.2. The van der Waals surface area contributed by atoms with Crippen molar-refractivity contribution >= 4 is 17.4 Å². The molecule has 2 aromatic carbocycles. The number of hydrogen-bond donors (Lipinski definition) is 1. The Kier molecular flexibility index (Phi) is 6.40. The summed E-state index contributed by atoms with van der Waals surface area (Å²) in [6.45, 7) is 5.42. The lowest BCUT2D eigenvalue weighted by molar-refractivity contribution is -0.121. The number of likely N-dealkylation sites (tertiary alicyclic amines) is 1. The van der Waals surface area contributed by atoms with Gasteiger partial charge < -0.3 is 5.32 Å². The lowest BCUT2D eigenvalue weighted by atomic mass is 9.89. The molecule has 1 atom stereocenters. The Morgan fingerprint density at radius 1 is 1.04 bits per heavy atom. The number of amides is 1. The zero-order chi connectivity index (χ0) is 19.2. The molecule has 0 bridgehead atoms. The van der Waals surface area contributed by atoms with Gasteiger partial charge in [0.1, 0.15) is 0 Å². The monoisotopic (exact) mass is 364 g/mol. The third-order valence-corrected chi connectivity index (χ3v) is 5.50. The molecule has 1 saturated heterocycles. The molecule has 0 unspecified atom stereocenters. The zero-order valence-electron chi connectivity index (χ0n) is 16.2. The Balaban J connectivity index is 1.48. The number of ketones is 1. The van der Waals surface area contributed by atoms with Crippen LogP contribution in [0.25, 0.3) is 0 Å². The number of Topliss-reactive ketones (excluding diaryl/α,β-unsaturated/α-hetero) is 1. The molecule has 0 aromatic heterocycles. The van der Waals surface area contributed by atoms with Crippen molar-refractivity contribution in [3.63, 3.8) is 0 Å². The van der Waals surface area contributed by atoms with E-state index < -0.39 is 0 Å². The van der Waals surface area contributed by atoms with Crippen LogP contribution in [0.5, 0.6) is 0 Å². The number of carbonyl (C=O) groups excluding carboxylic acids is 2. The van der Waals surface area contributed by atoms with E-state index in [0.29, 0.717) is 11.5 Å². The fourth-order valence-electron chi connectivity index (χ4n) is 3.69. The van der Waals surface area contributed by atoms with E-state index in [1.165, 1.54) is 12.5 Å². The fraction of sp³-hybridized carbons (Fsp3) is 0.391. The van der Waals surface area contributed by atoms with E-state index in [1.54, 1.807) is 24.3 Å². The molecule has 4 heteroatoms. The van der Waals surface area contributed by atoms with Crippen LogP contribution < -0.4 is 5.32 Å². The highest BCUT2D eigenvalue weighted by Crippen LogP contribution is 2.23. The molecule has 1 aliphatic rings. The van der Waals surface area contributed by atoms with Crippen LogP contribution in [0.4, 0.5) is 5.69 Å². The van der Waals surface area contributed by atoms with E-state index >= 15 is 0 Å². The smallest absolute Gasteiger partial charge is 0.241 e. The average Bonchev–Trinajstić information content (AvgIpc) is 2.69. The number of carbonyl (C=O) groups is 2. The highest BCUT2D eigenvalue weighted by Gasteiger charge is 2.26. The molecule has 142 valence electrons. The molecule has 2 aromatic rings. The summed E-state index contributed by atoms with van der Waals surface area (Å²) in [6.07, 6.45) is 3.37. The third-order valence-electron chi connectivity index (χ3n) is 5.50. The summed E-state index contributed by atoms with van der Waals surface area (Å²) >= 11 is 0. The Bertz CT molecular complexity index is 763. The molecule has 3 rings (SSSR count). The van der Waals surface area contributed by atoms with E-state index in [4.69, 9.17) is 0 Å². The molecule has 1 aliphatic heterocycles. The second-order valence-electron chi connectivity index (χ2n) is 7.47. The van der Waals surface area contributed by atoms with Crippen molar-refractivity contribution in [1.29, 1.82) is 0 Å². The summed E-state index contributed by atoms with van der Waals surface area (Å²) in [4.78, 5) is 26.2. The normalized spacial score (nSPS) is 16.7. The number of nitrogens with one attached hydrogen (secondary N) is 1. The SMILES string of the molecule is CC(=O)c1ccc(NC(=O)[C@@H](C)N2CCC(Cc3ccccc3)CC2)cc1. The van der Waals surface area contributed by atoms with E-state index in [-0.39, 0.29) is 17.7 Å². The molecule has 0 saturated carbocycles. The van der Waals surface area contributed by atoms with Crippen LogP contribution >= 0.6 is 0 Å². The second-order valence-corrected chi connectivity index (χ2v) is 7.47. The number of hydrogen-bond acceptors (Lipinski definition) is 3. The summed E-state index contributed by atoms with van der Waals surface area (Å²) in [5.41, 5.74) is 2.79. The first kappa shape index (κ1) is 19.3. The molecule has 0 radical (unpaired) electrons. The van der Waals surface area contributed by atoms with Gasteiger partial charge in [0, 0.05) is 11.3 Å². The molecule has 4 nitrogen and oxygen atoms in total. The van der Waals surface area contributed by atoms with Crippen molar-refractivity contribution in [3.05, 3.63) is 65.7 Å². The standard InChI is InChI=1S/C23H28N2O2/c1-17(23(27)24-22-10-8-21(9-11-22)18(2)26)25-14-12-20(13-15-25)16-19-6-4-3-5-7-19/h3-11,17,20H,12-16H2,1-2H3,(H,24,27)/t17-/m1/s1. The van der Waals surface area contributed by atoms with Gasteiger partial charge in [0.2, 0.25) is 5.91 Å². The van der Waals surface area contributed by atoms with Crippen LogP contribution in [-0.4, -0.2) is 35.7 Å². The molecule has 1 amide bonds. The third kappa shape index (κ3) is 5.27. The lowest BCUT2D eigenvalue weighted by Crippen LogP contribution is -2.46. The van der Waals surface area contributed by atoms with E-state index in [2.05, 4.69) is 40.5 Å². The Morgan fingerprint density at radius 3 is 2.26 bits per heavy atom. The van der Waals surface area contributed by atoms with Gasteiger partial charge in [0.05, 0.1) is 6.04 Å². The van der Waals surface area contributed by atoms with Gasteiger partial charge in [-0.15, -0.1) is 0 Å². The molecular weight excluding hydrogens is 336 g/mol. The van der Waals surface area contributed by atoms with Crippen LogP contribution in [0.1, 0.15) is 42.6 Å². The number of benzene rings is 2. The van der Waals surface area contributed by atoms with Crippen LogP contribution in [0.3, 0.4) is 0 Å². The number of rotatable bonds is 6. The predicted octanol–water partition coefficient (Wildman–Crippen LogP) is 4.17. The molecule has 27 heavy (non-hydrogen) atoms. The molecule has 1 fully saturated rings. The molecule has 1 N–H and O–H groups in total. The van der Waals surface area contributed by atoms with E-state index in [0.717, 1.165) is 38.0 Å². The number of piperidine rings is 1. The van der Waals surface area contributed by atoms with Gasteiger partial charge in [-0.05, 0) is 81.9 Å². The summed E-state index contributed by atoms with van der Waals surface area (Å²) < 4.78 is 0. The predicted molar refractivity (Wildman–Crippen MR) is 109 cm³/mol. The van der Waals surface area contributed by atoms with Crippen LogP contribution in [0.2, 0.25) is 0 Å². The second kappa shape index (κ2) is 8.96. The maximum absolute atomic E-state index is 12.6. The van der Waals surface area contributed by atoms with Gasteiger partial charge in [-0.25, -0.2) is 0 Å². The average molecular weight is 364 g/mol. The Hall–Kier alpha value is -2.46. The summed E-state index contributed by atoms with van der Waals surface area (Å²) in [7, 11) is 0. The fourth-order valence-corrected chi connectivity index (χ4v) is 3.69. The summed E-state index contributed by atoms with van der Waals surface area (Å²) in [5, 5.41) is 2.96. The summed E-state index contributed by atoms with van der Waals surface area (Å²) in [5.74, 6) is 0.727. The van der Waals surface area contributed by atoms with Crippen molar-refractivity contribution < 1.29 is 9.59 Å². The van der Waals surface area contributed by atoms with Crippen LogP contribution in [-0.2, 0) is 11.2 Å². The molecule has 1 heterocycles. The number of nitrogens with zero attached hydrogens (tertiary/aromatic N) is 1. The van der Waals surface area contributed by atoms with Crippen LogP contribution in [0, 0.1) is 5.92 Å². The Labute approximate surface area is 161 Å².